The molecule has 0 aromatic rings. The lowest BCUT2D eigenvalue weighted by Gasteiger charge is -2.36. The van der Waals surface area contributed by atoms with Crippen LogP contribution in [0.5, 0.6) is 0 Å². The molecule has 0 bridgehead atoms. The summed E-state index contributed by atoms with van der Waals surface area (Å²) in [6.45, 7) is 9.37. The fraction of sp³-hybridized carbons (Fsp3) is 0.846. The van der Waals surface area contributed by atoms with E-state index in [1.54, 1.807) is 0 Å². The van der Waals surface area contributed by atoms with Gasteiger partial charge >= 0.3 is 0 Å². The van der Waals surface area contributed by atoms with Crippen molar-refractivity contribution in [3.8, 4) is 12.3 Å². The highest BCUT2D eigenvalue weighted by molar-refractivity contribution is 7.99. The van der Waals surface area contributed by atoms with Gasteiger partial charge < -0.3 is 10.2 Å². The third-order valence-corrected chi connectivity index (χ3v) is 4.14. The number of rotatable bonds is 6. The molecule has 1 fully saturated rings. The van der Waals surface area contributed by atoms with Crippen molar-refractivity contribution >= 4 is 11.8 Å². The van der Waals surface area contributed by atoms with Crippen molar-refractivity contribution in [1.82, 2.24) is 10.2 Å². The van der Waals surface area contributed by atoms with Crippen molar-refractivity contribution < 1.29 is 0 Å². The van der Waals surface area contributed by atoms with Gasteiger partial charge in [-0.3, -0.25) is 0 Å². The van der Waals surface area contributed by atoms with Gasteiger partial charge in [-0.15, -0.1) is 18.2 Å². The summed E-state index contributed by atoms with van der Waals surface area (Å²) in [5, 5.41) is 3.66. The van der Waals surface area contributed by atoms with E-state index in [1.807, 2.05) is 11.8 Å². The molecule has 2 nitrogen and oxygen atoms in total. The third-order valence-electron chi connectivity index (χ3n) is 3.27. The summed E-state index contributed by atoms with van der Waals surface area (Å²) in [5.41, 5.74) is 0. The van der Waals surface area contributed by atoms with Crippen LogP contribution >= 0.6 is 11.8 Å². The largest absolute Gasteiger partial charge is 0.313 e. The Balaban J connectivity index is 2.11. The fourth-order valence-corrected chi connectivity index (χ4v) is 2.79. The lowest BCUT2D eigenvalue weighted by Crippen LogP contribution is -2.48. The van der Waals surface area contributed by atoms with Gasteiger partial charge in [0.25, 0.3) is 0 Å². The monoisotopic (exact) mass is 240 g/mol. The van der Waals surface area contributed by atoms with Crippen LogP contribution in [-0.4, -0.2) is 48.6 Å². The molecule has 1 N–H and O–H groups in total. The molecule has 0 aromatic carbocycles. The molecule has 1 aliphatic heterocycles. The first kappa shape index (κ1) is 13.9. The predicted octanol–water partition coefficient (Wildman–Crippen LogP) is 1.67. The van der Waals surface area contributed by atoms with E-state index in [2.05, 4.69) is 30.0 Å². The van der Waals surface area contributed by atoms with Gasteiger partial charge in [0, 0.05) is 24.9 Å². The number of nitrogens with one attached hydrogen (secondary N) is 1. The van der Waals surface area contributed by atoms with Crippen molar-refractivity contribution in [2.45, 2.75) is 26.3 Å². The molecular weight excluding hydrogens is 216 g/mol. The molecule has 3 heteroatoms. The van der Waals surface area contributed by atoms with Crippen molar-refractivity contribution in [3.05, 3.63) is 0 Å². The summed E-state index contributed by atoms with van der Waals surface area (Å²) in [6.07, 6.45) is 6.50. The van der Waals surface area contributed by atoms with Crippen LogP contribution in [0.25, 0.3) is 0 Å². The summed E-state index contributed by atoms with van der Waals surface area (Å²) < 4.78 is 0. The van der Waals surface area contributed by atoms with Crippen LogP contribution < -0.4 is 5.32 Å². The summed E-state index contributed by atoms with van der Waals surface area (Å²) >= 11 is 1.84. The number of hydrogen-bond acceptors (Lipinski definition) is 3. The van der Waals surface area contributed by atoms with Crippen LogP contribution in [0.15, 0.2) is 0 Å². The van der Waals surface area contributed by atoms with Crippen molar-refractivity contribution in [3.63, 3.8) is 0 Å². The van der Waals surface area contributed by atoms with Gasteiger partial charge in [-0.05, 0) is 25.4 Å². The Bertz CT molecular complexity index is 224. The molecular formula is C13H24N2S. The Morgan fingerprint density at radius 2 is 2.38 bits per heavy atom. The number of piperidine rings is 1. The smallest absolute Gasteiger partial charge is 0.0545 e. The minimum absolute atomic E-state index is 0.703. The molecule has 0 aromatic heterocycles. The zero-order valence-corrected chi connectivity index (χ0v) is 11.4. The Kier molecular flexibility index (Phi) is 6.95. The molecule has 2 unspecified atom stereocenters. The predicted molar refractivity (Wildman–Crippen MR) is 73.8 cm³/mol. The molecule has 0 aliphatic carbocycles. The molecule has 0 radical (unpaired) electrons. The summed E-state index contributed by atoms with van der Waals surface area (Å²) in [6, 6.07) is 0.703. The van der Waals surface area contributed by atoms with E-state index in [4.69, 9.17) is 6.42 Å². The average Bonchev–Trinajstić information content (AvgIpc) is 2.30. The highest BCUT2D eigenvalue weighted by atomic mass is 32.2. The van der Waals surface area contributed by atoms with Gasteiger partial charge in [0.15, 0.2) is 0 Å². The molecule has 0 spiro atoms. The number of hydrogen-bond donors (Lipinski definition) is 1. The molecule has 0 amide bonds. The molecule has 92 valence electrons. The van der Waals surface area contributed by atoms with Crippen molar-refractivity contribution in [2.75, 3.05) is 37.7 Å². The maximum atomic E-state index is 5.21. The topological polar surface area (TPSA) is 15.3 Å². The van der Waals surface area contributed by atoms with Gasteiger partial charge in [0.05, 0.1) is 5.75 Å². The molecule has 0 saturated carbocycles. The zero-order valence-electron chi connectivity index (χ0n) is 10.5. The summed E-state index contributed by atoms with van der Waals surface area (Å²) in [7, 11) is 0. The van der Waals surface area contributed by atoms with Crippen LogP contribution in [0.3, 0.4) is 0 Å². The SMILES string of the molecule is C#CCSCCNC1CCN(CC)CC1C. The Labute approximate surface area is 105 Å². The van der Waals surface area contributed by atoms with E-state index in [0.29, 0.717) is 6.04 Å². The Morgan fingerprint density at radius 3 is 3.00 bits per heavy atom. The molecule has 16 heavy (non-hydrogen) atoms. The van der Waals surface area contributed by atoms with E-state index >= 15 is 0 Å². The number of nitrogens with zero attached hydrogens (tertiary/aromatic N) is 1. The van der Waals surface area contributed by atoms with E-state index in [0.717, 1.165) is 24.0 Å². The van der Waals surface area contributed by atoms with Gasteiger partial charge in [-0.2, -0.15) is 0 Å². The quantitative estimate of drug-likeness (QED) is 0.562. The molecule has 1 rings (SSSR count). The fourth-order valence-electron chi connectivity index (χ4n) is 2.27. The van der Waals surface area contributed by atoms with E-state index in [9.17, 15) is 0 Å². The van der Waals surface area contributed by atoms with E-state index < -0.39 is 0 Å². The highest BCUT2D eigenvalue weighted by Gasteiger charge is 2.24. The normalized spacial score (nSPS) is 26.6. The maximum absolute atomic E-state index is 5.21. The molecule has 1 heterocycles. The highest BCUT2D eigenvalue weighted by Crippen LogP contribution is 2.16. The molecule has 1 saturated heterocycles. The molecule has 1 aliphatic rings. The maximum Gasteiger partial charge on any atom is 0.0545 e. The van der Waals surface area contributed by atoms with Gasteiger partial charge in [-0.1, -0.05) is 19.8 Å². The van der Waals surface area contributed by atoms with Crippen LogP contribution in [0.2, 0.25) is 0 Å². The van der Waals surface area contributed by atoms with Crippen LogP contribution in [0, 0.1) is 18.3 Å². The second-order valence-corrected chi connectivity index (χ2v) is 5.58. The number of thioether (sulfide) groups is 1. The first-order valence-corrected chi connectivity index (χ1v) is 7.40. The lowest BCUT2D eigenvalue weighted by molar-refractivity contribution is 0.155. The summed E-state index contributed by atoms with van der Waals surface area (Å²) in [5.74, 6) is 5.40. The first-order chi connectivity index (χ1) is 7.77. The second kappa shape index (κ2) is 8.00. The van der Waals surface area contributed by atoms with Crippen LogP contribution in [0.1, 0.15) is 20.3 Å². The van der Waals surface area contributed by atoms with Crippen LogP contribution in [0.4, 0.5) is 0 Å². The Morgan fingerprint density at radius 1 is 1.56 bits per heavy atom. The number of likely N-dealkylation sites (tertiary alicyclic amines) is 1. The number of terminal acetylenes is 1. The average molecular weight is 240 g/mol. The third kappa shape index (κ3) is 4.78. The van der Waals surface area contributed by atoms with Crippen molar-refractivity contribution in [2.24, 2.45) is 5.92 Å². The van der Waals surface area contributed by atoms with Crippen molar-refractivity contribution in [1.29, 1.82) is 0 Å². The zero-order chi connectivity index (χ0) is 11.8. The minimum Gasteiger partial charge on any atom is -0.313 e. The lowest BCUT2D eigenvalue weighted by atomic mass is 9.94. The standard InChI is InChI=1S/C13H24N2S/c1-4-9-16-10-7-14-13-6-8-15(5-2)11-12(13)3/h1,12-14H,5-11H2,2-3H3. The molecule has 2 atom stereocenters. The minimum atomic E-state index is 0.703. The summed E-state index contributed by atoms with van der Waals surface area (Å²) in [4.78, 5) is 2.54. The van der Waals surface area contributed by atoms with Crippen LogP contribution in [-0.2, 0) is 0 Å². The second-order valence-electron chi connectivity index (χ2n) is 4.48. The van der Waals surface area contributed by atoms with E-state index in [1.165, 1.54) is 26.1 Å². The van der Waals surface area contributed by atoms with E-state index in [-0.39, 0.29) is 0 Å². The first-order valence-electron chi connectivity index (χ1n) is 6.24. The van der Waals surface area contributed by atoms with Gasteiger partial charge in [-0.25, -0.2) is 0 Å². The van der Waals surface area contributed by atoms with Gasteiger partial charge in [0.2, 0.25) is 0 Å². The van der Waals surface area contributed by atoms with Gasteiger partial charge in [0.1, 0.15) is 0 Å². The Hall–Kier alpha value is -0.170.